The number of furan rings is 1. The van der Waals surface area contributed by atoms with E-state index in [1.54, 1.807) is 49.6 Å². The van der Waals surface area contributed by atoms with Gasteiger partial charge in [-0.2, -0.15) is 10.1 Å². The molecular weight excluding hydrogens is 311 g/mol. The van der Waals surface area contributed by atoms with E-state index in [0.29, 0.717) is 32.8 Å². The van der Waals surface area contributed by atoms with Gasteiger partial charge in [0, 0.05) is 10.0 Å². The Labute approximate surface area is 131 Å². The highest BCUT2D eigenvalue weighted by Gasteiger charge is 2.29. The van der Waals surface area contributed by atoms with Crippen LogP contribution in [-0.2, 0) is 4.79 Å². The highest BCUT2D eigenvalue weighted by molar-refractivity contribution is 6.36. The van der Waals surface area contributed by atoms with E-state index in [9.17, 15) is 4.79 Å². The summed E-state index contributed by atoms with van der Waals surface area (Å²) in [6.07, 6.45) is 3.21. The molecule has 2 aromatic rings. The molecule has 0 saturated carbocycles. The smallest absolute Gasteiger partial charge is 0.280 e. The molecule has 106 valence electrons. The van der Waals surface area contributed by atoms with E-state index in [0.717, 1.165) is 0 Å². The van der Waals surface area contributed by atoms with Crippen LogP contribution in [-0.4, -0.2) is 11.6 Å². The summed E-state index contributed by atoms with van der Waals surface area (Å²) in [6, 6.07) is 8.40. The van der Waals surface area contributed by atoms with Crippen molar-refractivity contribution in [3.63, 3.8) is 0 Å². The minimum absolute atomic E-state index is 0.248. The van der Waals surface area contributed by atoms with E-state index < -0.39 is 0 Å². The highest BCUT2D eigenvalue weighted by Crippen LogP contribution is 2.30. The fraction of sp³-hybridized carbons (Fsp3) is 0.0667. The molecule has 0 atom stereocenters. The van der Waals surface area contributed by atoms with Gasteiger partial charge in [0.1, 0.15) is 5.76 Å². The van der Waals surface area contributed by atoms with Gasteiger partial charge in [-0.25, -0.2) is 0 Å². The minimum Gasteiger partial charge on any atom is -0.465 e. The Morgan fingerprint density at radius 1 is 1.24 bits per heavy atom. The molecule has 0 unspecified atom stereocenters. The second-order valence-electron chi connectivity index (χ2n) is 4.50. The molecule has 1 amide bonds. The van der Waals surface area contributed by atoms with Crippen molar-refractivity contribution in [2.45, 2.75) is 6.92 Å². The van der Waals surface area contributed by atoms with E-state index in [-0.39, 0.29) is 5.91 Å². The van der Waals surface area contributed by atoms with Crippen molar-refractivity contribution in [1.29, 1.82) is 0 Å². The Hall–Kier alpha value is -2.04. The minimum atomic E-state index is -0.248. The predicted octanol–water partition coefficient (Wildman–Crippen LogP) is 4.39. The van der Waals surface area contributed by atoms with Gasteiger partial charge in [-0.15, -0.1) is 0 Å². The Bertz CT molecular complexity index is 744. The number of benzene rings is 1. The number of hydrazone groups is 1. The molecule has 0 saturated heterocycles. The number of carbonyl (C=O) groups excluding carboxylic acids is 1. The number of nitrogens with zero attached hydrogens (tertiary/aromatic N) is 2. The summed E-state index contributed by atoms with van der Waals surface area (Å²) >= 11 is 11.9. The average Bonchev–Trinajstić information content (AvgIpc) is 3.01. The van der Waals surface area contributed by atoms with Gasteiger partial charge in [-0.05, 0) is 43.3 Å². The van der Waals surface area contributed by atoms with Crippen LogP contribution in [0, 0.1) is 0 Å². The van der Waals surface area contributed by atoms with E-state index in [2.05, 4.69) is 5.10 Å². The maximum atomic E-state index is 12.5. The average molecular weight is 321 g/mol. The normalized spacial score (nSPS) is 16.7. The van der Waals surface area contributed by atoms with E-state index >= 15 is 0 Å². The van der Waals surface area contributed by atoms with Crippen LogP contribution in [0.25, 0.3) is 6.08 Å². The van der Waals surface area contributed by atoms with Crippen LogP contribution in [0.4, 0.5) is 5.69 Å². The molecule has 2 heterocycles. The van der Waals surface area contributed by atoms with Crippen LogP contribution in [0.2, 0.25) is 10.0 Å². The first-order valence-corrected chi connectivity index (χ1v) is 6.91. The number of hydrogen-bond donors (Lipinski definition) is 0. The molecule has 0 N–H and O–H groups in total. The molecule has 3 rings (SSSR count). The predicted molar refractivity (Wildman–Crippen MR) is 83.7 cm³/mol. The molecule has 0 bridgehead atoms. The van der Waals surface area contributed by atoms with Crippen LogP contribution < -0.4 is 5.01 Å². The maximum Gasteiger partial charge on any atom is 0.280 e. The summed E-state index contributed by atoms with van der Waals surface area (Å²) in [5.41, 5.74) is 1.60. The van der Waals surface area contributed by atoms with Crippen molar-refractivity contribution in [1.82, 2.24) is 0 Å². The largest absolute Gasteiger partial charge is 0.465 e. The zero-order valence-electron chi connectivity index (χ0n) is 11.0. The molecule has 1 aromatic heterocycles. The molecule has 1 aliphatic rings. The third-order valence-corrected chi connectivity index (χ3v) is 3.42. The number of carbonyl (C=O) groups is 1. The lowest BCUT2D eigenvalue weighted by Crippen LogP contribution is -2.21. The van der Waals surface area contributed by atoms with Crippen molar-refractivity contribution in [2.75, 3.05) is 5.01 Å². The SMILES string of the molecule is CC1=NN(c2cc(Cl)cc(Cl)c2)C(=O)/C1=C\c1ccco1. The number of halogens is 2. The summed E-state index contributed by atoms with van der Waals surface area (Å²) in [4.78, 5) is 12.5. The number of anilines is 1. The van der Waals surface area contributed by atoms with E-state index in [1.807, 2.05) is 0 Å². The summed E-state index contributed by atoms with van der Waals surface area (Å²) in [6.45, 7) is 1.76. The van der Waals surface area contributed by atoms with Crippen LogP contribution in [0.5, 0.6) is 0 Å². The third-order valence-electron chi connectivity index (χ3n) is 2.98. The monoisotopic (exact) mass is 320 g/mol. The van der Waals surface area contributed by atoms with Gasteiger partial charge in [-0.1, -0.05) is 23.2 Å². The first kappa shape index (κ1) is 13.9. The fourth-order valence-corrected chi connectivity index (χ4v) is 2.55. The first-order valence-electron chi connectivity index (χ1n) is 6.16. The number of rotatable bonds is 2. The Kier molecular flexibility index (Phi) is 3.57. The third kappa shape index (κ3) is 2.73. The van der Waals surface area contributed by atoms with Crippen molar-refractivity contribution >= 4 is 46.6 Å². The van der Waals surface area contributed by atoms with Crippen LogP contribution in [0.15, 0.2) is 51.7 Å². The van der Waals surface area contributed by atoms with Gasteiger partial charge in [0.2, 0.25) is 0 Å². The van der Waals surface area contributed by atoms with Crippen molar-refractivity contribution in [3.8, 4) is 0 Å². The standard InChI is InChI=1S/C15H10Cl2N2O2/c1-9-14(8-13-3-2-4-21-13)15(20)19(18-9)12-6-10(16)5-11(17)7-12/h2-8H,1H3/b14-8-. The zero-order valence-corrected chi connectivity index (χ0v) is 12.5. The summed E-state index contributed by atoms with van der Waals surface area (Å²) in [7, 11) is 0. The Morgan fingerprint density at radius 3 is 2.57 bits per heavy atom. The lowest BCUT2D eigenvalue weighted by atomic mass is 10.1. The second kappa shape index (κ2) is 5.39. The first-order chi connectivity index (χ1) is 10.0. The molecule has 0 radical (unpaired) electrons. The van der Waals surface area contributed by atoms with Crippen LogP contribution in [0.3, 0.4) is 0 Å². The lowest BCUT2D eigenvalue weighted by molar-refractivity contribution is -0.114. The molecular formula is C15H10Cl2N2O2. The fourth-order valence-electron chi connectivity index (χ4n) is 2.04. The topological polar surface area (TPSA) is 45.8 Å². The molecule has 4 nitrogen and oxygen atoms in total. The summed E-state index contributed by atoms with van der Waals surface area (Å²) < 4.78 is 5.23. The van der Waals surface area contributed by atoms with Gasteiger partial charge in [0.15, 0.2) is 0 Å². The van der Waals surface area contributed by atoms with Gasteiger partial charge in [-0.3, -0.25) is 4.79 Å². The molecule has 1 aromatic carbocycles. The Morgan fingerprint density at radius 2 is 1.95 bits per heavy atom. The molecule has 0 spiro atoms. The Balaban J connectivity index is 1.99. The van der Waals surface area contributed by atoms with Crippen molar-refractivity contribution in [2.24, 2.45) is 5.10 Å². The second-order valence-corrected chi connectivity index (χ2v) is 5.38. The van der Waals surface area contributed by atoms with Crippen LogP contribution >= 0.6 is 23.2 Å². The lowest BCUT2D eigenvalue weighted by Gasteiger charge is -2.12. The zero-order chi connectivity index (χ0) is 15.0. The molecule has 21 heavy (non-hydrogen) atoms. The van der Waals surface area contributed by atoms with Crippen molar-refractivity contribution in [3.05, 3.63) is 58.0 Å². The van der Waals surface area contributed by atoms with Gasteiger partial charge in [0.05, 0.1) is 23.2 Å². The number of hydrogen-bond acceptors (Lipinski definition) is 3. The molecule has 1 aliphatic heterocycles. The summed E-state index contributed by atoms with van der Waals surface area (Å²) in [5, 5.41) is 6.43. The quantitative estimate of drug-likeness (QED) is 0.770. The van der Waals surface area contributed by atoms with Crippen LogP contribution in [0.1, 0.15) is 12.7 Å². The van der Waals surface area contributed by atoms with Crippen molar-refractivity contribution < 1.29 is 9.21 Å². The molecule has 0 fully saturated rings. The van der Waals surface area contributed by atoms with Gasteiger partial charge >= 0.3 is 0 Å². The van der Waals surface area contributed by atoms with Gasteiger partial charge < -0.3 is 4.42 Å². The van der Waals surface area contributed by atoms with E-state index in [1.165, 1.54) is 5.01 Å². The van der Waals surface area contributed by atoms with E-state index in [4.69, 9.17) is 27.6 Å². The van der Waals surface area contributed by atoms with Gasteiger partial charge in [0.25, 0.3) is 5.91 Å². The molecule has 6 heteroatoms. The maximum absolute atomic E-state index is 12.5. The number of amides is 1. The summed E-state index contributed by atoms with van der Waals surface area (Å²) in [5.74, 6) is 0.348. The molecule has 0 aliphatic carbocycles. The highest BCUT2D eigenvalue weighted by atomic mass is 35.5.